The smallest absolute Gasteiger partial charge is 0.251 e. The molecule has 0 radical (unpaired) electrons. The van der Waals surface area contributed by atoms with E-state index in [1.165, 1.54) is 0 Å². The SMILES string of the molecule is CN=C(NCCc1cccc(C(=O)NC)c1)NCc1ccccc1OCCN(C)C.I. The number of guanidine groups is 1. The number of rotatable bonds is 10. The van der Waals surface area contributed by atoms with E-state index >= 15 is 0 Å². The lowest BCUT2D eigenvalue weighted by Gasteiger charge is -2.16. The van der Waals surface area contributed by atoms with Gasteiger partial charge in [0.25, 0.3) is 5.91 Å². The Kier molecular flexibility index (Phi) is 12.6. The van der Waals surface area contributed by atoms with Crippen LogP contribution in [-0.2, 0) is 13.0 Å². The Morgan fingerprint density at radius 2 is 1.87 bits per heavy atom. The van der Waals surface area contributed by atoms with Gasteiger partial charge >= 0.3 is 0 Å². The van der Waals surface area contributed by atoms with Crippen molar-refractivity contribution in [3.63, 3.8) is 0 Å². The van der Waals surface area contributed by atoms with E-state index in [2.05, 4.69) is 31.9 Å². The molecule has 8 heteroatoms. The molecule has 0 spiro atoms. The fourth-order valence-electron chi connectivity index (χ4n) is 2.87. The third-order valence-corrected chi connectivity index (χ3v) is 4.56. The van der Waals surface area contributed by atoms with Gasteiger partial charge in [0.1, 0.15) is 12.4 Å². The van der Waals surface area contributed by atoms with Crippen LogP contribution in [0, 0.1) is 0 Å². The van der Waals surface area contributed by atoms with E-state index in [1.54, 1.807) is 14.1 Å². The molecule has 2 aromatic carbocycles. The van der Waals surface area contributed by atoms with Crippen LogP contribution in [0.2, 0.25) is 0 Å². The molecule has 0 aliphatic heterocycles. The minimum Gasteiger partial charge on any atom is -0.492 e. The Labute approximate surface area is 202 Å². The highest BCUT2D eigenvalue weighted by atomic mass is 127. The number of halogens is 1. The number of nitrogens with one attached hydrogen (secondary N) is 3. The number of hydrogen-bond acceptors (Lipinski definition) is 4. The molecule has 0 fully saturated rings. The summed E-state index contributed by atoms with van der Waals surface area (Å²) in [6, 6.07) is 15.7. The second kappa shape index (κ2) is 14.6. The Balaban J connectivity index is 0.00000480. The summed E-state index contributed by atoms with van der Waals surface area (Å²) in [5.41, 5.74) is 2.85. The quantitative estimate of drug-likeness (QED) is 0.246. The van der Waals surface area contributed by atoms with Crippen LogP contribution >= 0.6 is 24.0 Å². The molecule has 0 aliphatic carbocycles. The van der Waals surface area contributed by atoms with Crippen LogP contribution in [0.25, 0.3) is 0 Å². The number of amides is 1. The number of para-hydroxylation sites is 1. The molecule has 3 N–H and O–H groups in total. The van der Waals surface area contributed by atoms with Gasteiger partial charge in [0.15, 0.2) is 5.96 Å². The first-order chi connectivity index (χ1) is 14.5. The molecule has 1 amide bonds. The number of nitrogens with zero attached hydrogens (tertiary/aromatic N) is 2. The van der Waals surface area contributed by atoms with E-state index in [0.29, 0.717) is 25.3 Å². The number of benzene rings is 2. The van der Waals surface area contributed by atoms with E-state index in [0.717, 1.165) is 35.8 Å². The number of likely N-dealkylation sites (N-methyl/N-ethyl adjacent to an activating group) is 1. The van der Waals surface area contributed by atoms with Crippen LogP contribution < -0.4 is 20.7 Å². The first-order valence-electron chi connectivity index (χ1n) is 10.1. The fourth-order valence-corrected chi connectivity index (χ4v) is 2.87. The Morgan fingerprint density at radius 1 is 1.10 bits per heavy atom. The van der Waals surface area contributed by atoms with Crippen molar-refractivity contribution in [2.75, 3.05) is 47.9 Å². The van der Waals surface area contributed by atoms with Crippen molar-refractivity contribution >= 4 is 35.8 Å². The molecule has 2 rings (SSSR count). The van der Waals surface area contributed by atoms with Crippen LogP contribution in [0.3, 0.4) is 0 Å². The van der Waals surface area contributed by atoms with Crippen molar-refractivity contribution in [3.8, 4) is 5.75 Å². The van der Waals surface area contributed by atoms with Crippen molar-refractivity contribution in [2.24, 2.45) is 4.99 Å². The van der Waals surface area contributed by atoms with E-state index in [9.17, 15) is 4.79 Å². The van der Waals surface area contributed by atoms with Gasteiger partial charge in [-0.25, -0.2) is 0 Å². The summed E-state index contributed by atoms with van der Waals surface area (Å²) in [5.74, 6) is 1.53. The Bertz CT molecular complexity index is 842. The molecular weight excluding hydrogens is 505 g/mol. The largest absolute Gasteiger partial charge is 0.492 e. The van der Waals surface area contributed by atoms with Gasteiger partial charge in [0.05, 0.1) is 0 Å². The number of ether oxygens (including phenoxy) is 1. The first-order valence-corrected chi connectivity index (χ1v) is 10.1. The van der Waals surface area contributed by atoms with E-state index < -0.39 is 0 Å². The molecule has 0 aliphatic rings. The van der Waals surface area contributed by atoms with Crippen LogP contribution in [0.1, 0.15) is 21.5 Å². The fraction of sp³-hybridized carbons (Fsp3) is 0.391. The second-order valence-electron chi connectivity index (χ2n) is 7.14. The molecule has 0 unspecified atom stereocenters. The van der Waals surface area contributed by atoms with Gasteiger partial charge in [-0.2, -0.15) is 0 Å². The highest BCUT2D eigenvalue weighted by Gasteiger charge is 2.06. The Hall–Kier alpha value is -2.33. The van der Waals surface area contributed by atoms with E-state index in [1.807, 2.05) is 56.6 Å². The van der Waals surface area contributed by atoms with Crippen molar-refractivity contribution in [1.29, 1.82) is 0 Å². The van der Waals surface area contributed by atoms with Crippen LogP contribution in [-0.4, -0.2) is 64.7 Å². The van der Waals surface area contributed by atoms with Crippen molar-refractivity contribution in [2.45, 2.75) is 13.0 Å². The highest BCUT2D eigenvalue weighted by Crippen LogP contribution is 2.17. The normalized spacial score (nSPS) is 10.9. The number of hydrogen-bond donors (Lipinski definition) is 3. The van der Waals surface area contributed by atoms with Crippen LogP contribution in [0.15, 0.2) is 53.5 Å². The average molecular weight is 539 g/mol. The first kappa shape index (κ1) is 26.7. The predicted molar refractivity (Wildman–Crippen MR) is 138 cm³/mol. The maximum atomic E-state index is 11.8. The van der Waals surface area contributed by atoms with Gasteiger partial charge in [-0.1, -0.05) is 30.3 Å². The molecule has 0 saturated heterocycles. The van der Waals surface area contributed by atoms with Crippen molar-refractivity contribution < 1.29 is 9.53 Å². The minimum absolute atomic E-state index is 0. The molecule has 0 aromatic heterocycles. The molecule has 0 bridgehead atoms. The molecule has 0 heterocycles. The van der Waals surface area contributed by atoms with Gasteiger partial charge in [-0.15, -0.1) is 24.0 Å². The van der Waals surface area contributed by atoms with Gasteiger partial charge in [-0.3, -0.25) is 9.79 Å². The van der Waals surface area contributed by atoms with E-state index in [-0.39, 0.29) is 29.9 Å². The van der Waals surface area contributed by atoms with E-state index in [4.69, 9.17) is 4.74 Å². The monoisotopic (exact) mass is 539 g/mol. The zero-order valence-electron chi connectivity index (χ0n) is 18.8. The predicted octanol–water partition coefficient (Wildman–Crippen LogP) is 2.51. The van der Waals surface area contributed by atoms with Crippen LogP contribution in [0.4, 0.5) is 0 Å². The van der Waals surface area contributed by atoms with Crippen molar-refractivity contribution in [1.82, 2.24) is 20.9 Å². The lowest BCUT2D eigenvalue weighted by molar-refractivity contribution is 0.0963. The van der Waals surface area contributed by atoms with Crippen LogP contribution in [0.5, 0.6) is 5.75 Å². The summed E-state index contributed by atoms with van der Waals surface area (Å²) in [5, 5.41) is 9.30. The highest BCUT2D eigenvalue weighted by molar-refractivity contribution is 14.0. The molecule has 0 atom stereocenters. The maximum Gasteiger partial charge on any atom is 0.251 e. The summed E-state index contributed by atoms with van der Waals surface area (Å²) >= 11 is 0. The lowest BCUT2D eigenvalue weighted by Crippen LogP contribution is -2.38. The van der Waals surface area contributed by atoms with Gasteiger partial charge < -0.3 is 25.6 Å². The second-order valence-corrected chi connectivity index (χ2v) is 7.14. The van der Waals surface area contributed by atoms with Gasteiger partial charge in [-0.05, 0) is 44.3 Å². The zero-order chi connectivity index (χ0) is 21.8. The molecular formula is C23H34IN5O2. The molecule has 170 valence electrons. The Morgan fingerprint density at radius 3 is 2.58 bits per heavy atom. The van der Waals surface area contributed by atoms with Crippen molar-refractivity contribution in [3.05, 3.63) is 65.2 Å². The summed E-state index contributed by atoms with van der Waals surface area (Å²) in [7, 11) is 7.45. The molecule has 0 saturated carbocycles. The number of carbonyl (C=O) groups excluding carboxylic acids is 1. The zero-order valence-corrected chi connectivity index (χ0v) is 21.1. The summed E-state index contributed by atoms with van der Waals surface area (Å²) in [4.78, 5) is 18.2. The lowest BCUT2D eigenvalue weighted by atomic mass is 10.1. The third kappa shape index (κ3) is 9.56. The number of carbonyl (C=O) groups is 1. The summed E-state index contributed by atoms with van der Waals surface area (Å²) in [6.07, 6.45) is 0.787. The standard InChI is InChI=1S/C23H33N5O2.HI/c1-24-22(29)19-10-7-8-18(16-19)12-13-26-23(25-2)27-17-20-9-5-6-11-21(20)30-15-14-28(3)4;/h5-11,16H,12-15,17H2,1-4H3,(H,24,29)(H2,25,26,27);1H. The maximum absolute atomic E-state index is 11.8. The average Bonchev–Trinajstić information content (AvgIpc) is 2.76. The molecule has 7 nitrogen and oxygen atoms in total. The van der Waals surface area contributed by atoms with Gasteiger partial charge in [0.2, 0.25) is 0 Å². The summed E-state index contributed by atoms with van der Waals surface area (Å²) in [6.45, 7) is 2.83. The molecule has 31 heavy (non-hydrogen) atoms. The summed E-state index contributed by atoms with van der Waals surface area (Å²) < 4.78 is 5.92. The third-order valence-electron chi connectivity index (χ3n) is 4.56. The molecule has 2 aromatic rings. The van der Waals surface area contributed by atoms with Gasteiger partial charge in [0, 0.05) is 44.9 Å². The minimum atomic E-state index is -0.0752. The topological polar surface area (TPSA) is 78.0 Å². The number of aliphatic imine (C=N–C) groups is 1.